The highest BCUT2D eigenvalue weighted by atomic mass is 16.5. The number of amides is 2. The van der Waals surface area contributed by atoms with Gasteiger partial charge in [-0.2, -0.15) is 5.10 Å². The van der Waals surface area contributed by atoms with Crippen LogP contribution in [0.3, 0.4) is 0 Å². The molecule has 24 heavy (non-hydrogen) atoms. The average Bonchev–Trinajstić information content (AvgIpc) is 3.12. The van der Waals surface area contributed by atoms with Crippen molar-refractivity contribution in [1.82, 2.24) is 10.7 Å². The van der Waals surface area contributed by atoms with Gasteiger partial charge in [0.15, 0.2) is 0 Å². The van der Waals surface area contributed by atoms with Gasteiger partial charge in [0.05, 0.1) is 19.0 Å². The third kappa shape index (κ3) is 5.03. The van der Waals surface area contributed by atoms with Crippen LogP contribution in [0.4, 0.5) is 0 Å². The lowest BCUT2D eigenvalue weighted by Gasteiger charge is -2.05. The van der Waals surface area contributed by atoms with E-state index >= 15 is 0 Å². The first-order valence-corrected chi connectivity index (χ1v) is 6.99. The monoisotopic (exact) mass is 325 g/mol. The fraction of sp³-hybridized carbons (Fsp3) is 0.118. The van der Waals surface area contributed by atoms with Gasteiger partial charge >= 0.3 is 11.8 Å². The zero-order chi connectivity index (χ0) is 17.2. The van der Waals surface area contributed by atoms with E-state index in [0.717, 1.165) is 0 Å². The molecule has 0 radical (unpaired) electrons. The molecule has 0 saturated heterocycles. The first-order valence-electron chi connectivity index (χ1n) is 6.99. The largest absolute Gasteiger partial charge is 0.480 e. The highest BCUT2D eigenvalue weighted by molar-refractivity contribution is 6.35. The molecule has 0 bridgehead atoms. The van der Waals surface area contributed by atoms with E-state index in [0.29, 0.717) is 17.1 Å². The zero-order valence-corrected chi connectivity index (χ0v) is 12.7. The summed E-state index contributed by atoms with van der Waals surface area (Å²) in [5.41, 5.74) is 2.75. The fourth-order valence-corrected chi connectivity index (χ4v) is 1.71. The number of carbonyl (C=O) groups excluding carboxylic acids is 2. The van der Waals surface area contributed by atoms with Crippen molar-refractivity contribution in [1.29, 1.82) is 0 Å². The molecule has 0 unspecified atom stereocenters. The zero-order valence-electron chi connectivity index (χ0n) is 12.7. The molecule has 7 heteroatoms. The Hall–Kier alpha value is -3.53. The van der Waals surface area contributed by atoms with Crippen LogP contribution in [0.1, 0.15) is 11.3 Å². The molecule has 0 spiro atoms. The van der Waals surface area contributed by atoms with E-state index in [1.54, 1.807) is 36.4 Å². The number of hydrogen-bond acceptors (Lipinski definition) is 5. The number of nitrogens with zero attached hydrogens (tertiary/aromatic N) is 1. The minimum absolute atomic E-state index is 0.117. The van der Waals surface area contributed by atoms with Gasteiger partial charge in [-0.3, -0.25) is 9.59 Å². The Morgan fingerprint density at radius 3 is 2.83 bits per heavy atom. The summed E-state index contributed by atoms with van der Waals surface area (Å²) in [5.74, 6) is 1.72. The van der Waals surface area contributed by atoms with Crippen LogP contribution in [0.2, 0.25) is 0 Å². The summed E-state index contributed by atoms with van der Waals surface area (Å²) in [4.78, 5) is 23.2. The summed E-state index contributed by atoms with van der Waals surface area (Å²) >= 11 is 0. The van der Waals surface area contributed by atoms with E-state index in [2.05, 4.69) is 21.8 Å². The third-order valence-corrected chi connectivity index (χ3v) is 2.81. The van der Waals surface area contributed by atoms with Gasteiger partial charge in [-0.25, -0.2) is 5.43 Å². The van der Waals surface area contributed by atoms with Crippen LogP contribution in [-0.4, -0.2) is 24.6 Å². The average molecular weight is 325 g/mol. The number of hydrazone groups is 1. The predicted octanol–water partition coefficient (Wildman–Crippen LogP) is 1.06. The number of furan rings is 1. The lowest BCUT2D eigenvalue weighted by atomic mass is 10.2. The minimum atomic E-state index is -0.889. The molecule has 2 rings (SSSR count). The van der Waals surface area contributed by atoms with Gasteiger partial charge in [-0.1, -0.05) is 18.1 Å². The molecule has 122 valence electrons. The number of para-hydroxylation sites is 1. The van der Waals surface area contributed by atoms with Gasteiger partial charge in [0, 0.05) is 5.56 Å². The molecular weight excluding hydrogens is 310 g/mol. The standard InChI is InChI=1S/C17H15N3O4/c1-2-9-24-15-8-4-3-6-13(15)11-19-20-17(22)16(21)18-12-14-7-5-10-23-14/h1,3-8,10-11H,9,12H2,(H,18,21)(H,20,22)/b19-11-. The van der Waals surface area contributed by atoms with Crippen LogP contribution in [0.25, 0.3) is 0 Å². The normalized spacial score (nSPS) is 10.1. The van der Waals surface area contributed by atoms with E-state index in [-0.39, 0.29) is 13.2 Å². The van der Waals surface area contributed by atoms with Crippen LogP contribution >= 0.6 is 0 Å². The number of carbonyl (C=O) groups is 2. The molecule has 0 atom stereocenters. The second-order valence-corrected chi connectivity index (χ2v) is 4.49. The number of benzene rings is 1. The number of nitrogens with one attached hydrogen (secondary N) is 2. The van der Waals surface area contributed by atoms with Gasteiger partial charge in [0.1, 0.15) is 18.1 Å². The number of terminal acetylenes is 1. The second-order valence-electron chi connectivity index (χ2n) is 4.49. The van der Waals surface area contributed by atoms with E-state index in [9.17, 15) is 9.59 Å². The Morgan fingerprint density at radius 2 is 2.08 bits per heavy atom. The summed E-state index contributed by atoms with van der Waals surface area (Å²) in [5, 5.41) is 6.14. The summed E-state index contributed by atoms with van der Waals surface area (Å²) in [7, 11) is 0. The molecule has 0 fully saturated rings. The van der Waals surface area contributed by atoms with E-state index in [1.165, 1.54) is 12.5 Å². The summed E-state index contributed by atoms with van der Waals surface area (Å²) < 4.78 is 10.4. The van der Waals surface area contributed by atoms with Crippen molar-refractivity contribution in [2.75, 3.05) is 6.61 Å². The lowest BCUT2D eigenvalue weighted by molar-refractivity contribution is -0.139. The van der Waals surface area contributed by atoms with Crippen molar-refractivity contribution in [2.24, 2.45) is 5.10 Å². The minimum Gasteiger partial charge on any atom is -0.480 e. The molecular formula is C17H15N3O4. The molecule has 2 aromatic rings. The maximum Gasteiger partial charge on any atom is 0.329 e. The Morgan fingerprint density at radius 1 is 1.25 bits per heavy atom. The van der Waals surface area contributed by atoms with Crippen molar-refractivity contribution in [3.63, 3.8) is 0 Å². The molecule has 1 aromatic heterocycles. The van der Waals surface area contributed by atoms with Crippen molar-refractivity contribution in [2.45, 2.75) is 6.54 Å². The van der Waals surface area contributed by atoms with Crippen molar-refractivity contribution >= 4 is 18.0 Å². The highest BCUT2D eigenvalue weighted by Gasteiger charge is 2.12. The van der Waals surface area contributed by atoms with E-state index in [4.69, 9.17) is 15.6 Å². The maximum absolute atomic E-state index is 11.6. The SMILES string of the molecule is C#CCOc1ccccc1/C=N\NC(=O)C(=O)NCc1ccco1. The topological polar surface area (TPSA) is 92.9 Å². The quantitative estimate of drug-likeness (QED) is 0.359. The molecule has 1 heterocycles. The molecule has 2 amide bonds. The number of ether oxygens (including phenoxy) is 1. The Kier molecular flexibility index (Phi) is 6.17. The smallest absolute Gasteiger partial charge is 0.329 e. The Balaban J connectivity index is 1.85. The van der Waals surface area contributed by atoms with E-state index < -0.39 is 11.8 Å². The van der Waals surface area contributed by atoms with Crippen LogP contribution in [0, 0.1) is 12.3 Å². The predicted molar refractivity (Wildman–Crippen MR) is 87.1 cm³/mol. The van der Waals surface area contributed by atoms with Crippen molar-refractivity contribution < 1.29 is 18.7 Å². The maximum atomic E-state index is 11.6. The van der Waals surface area contributed by atoms with E-state index in [1.807, 2.05) is 0 Å². The van der Waals surface area contributed by atoms with Crippen molar-refractivity contribution in [3.8, 4) is 18.1 Å². The molecule has 0 aliphatic rings. The molecule has 0 aliphatic heterocycles. The van der Waals surface area contributed by atoms with Gasteiger partial charge in [0.2, 0.25) is 0 Å². The summed E-state index contributed by atoms with van der Waals surface area (Å²) in [6, 6.07) is 10.4. The fourth-order valence-electron chi connectivity index (χ4n) is 1.71. The summed E-state index contributed by atoms with van der Waals surface area (Å²) in [6.07, 6.45) is 7.99. The van der Waals surface area contributed by atoms with Gasteiger partial charge in [-0.05, 0) is 24.3 Å². The number of hydrogen-bond donors (Lipinski definition) is 2. The number of rotatable bonds is 6. The van der Waals surface area contributed by atoms with Crippen LogP contribution in [0.5, 0.6) is 5.75 Å². The highest BCUT2D eigenvalue weighted by Crippen LogP contribution is 2.15. The Labute approximate surface area is 138 Å². The second kappa shape index (κ2) is 8.80. The summed E-state index contributed by atoms with van der Waals surface area (Å²) in [6.45, 7) is 0.234. The molecule has 7 nitrogen and oxygen atoms in total. The van der Waals surface area contributed by atoms with Crippen molar-refractivity contribution in [3.05, 3.63) is 54.0 Å². The van der Waals surface area contributed by atoms with Crippen LogP contribution in [0.15, 0.2) is 52.2 Å². The Bertz CT molecular complexity index is 760. The molecule has 0 saturated carbocycles. The van der Waals surface area contributed by atoms with Gasteiger partial charge in [0.25, 0.3) is 0 Å². The first kappa shape index (κ1) is 16.8. The molecule has 2 N–H and O–H groups in total. The van der Waals surface area contributed by atoms with Gasteiger partial charge in [-0.15, -0.1) is 6.42 Å². The molecule has 0 aliphatic carbocycles. The van der Waals surface area contributed by atoms with Crippen LogP contribution < -0.4 is 15.5 Å². The van der Waals surface area contributed by atoms with Crippen LogP contribution in [-0.2, 0) is 16.1 Å². The third-order valence-electron chi connectivity index (χ3n) is 2.81. The first-order chi connectivity index (χ1) is 11.7. The van der Waals surface area contributed by atoms with Gasteiger partial charge < -0.3 is 14.5 Å². The lowest BCUT2D eigenvalue weighted by Crippen LogP contribution is -2.37. The molecule has 1 aromatic carbocycles.